The minimum absolute atomic E-state index is 0.241. The molecule has 3 aromatic carbocycles. The summed E-state index contributed by atoms with van der Waals surface area (Å²) in [6.07, 6.45) is 1.69. The highest BCUT2D eigenvalue weighted by molar-refractivity contribution is 7.90. The van der Waals surface area contributed by atoms with E-state index in [0.717, 1.165) is 11.1 Å². The second kappa shape index (κ2) is 8.26. The van der Waals surface area contributed by atoms with Crippen molar-refractivity contribution in [3.05, 3.63) is 94.3 Å². The van der Waals surface area contributed by atoms with E-state index in [1.807, 2.05) is 30.3 Å². The minimum Gasteiger partial charge on any atom is -0.440 e. The Hall–Kier alpha value is -2.60. The number of rotatable bonds is 5. The van der Waals surface area contributed by atoms with Gasteiger partial charge in [0, 0.05) is 28.8 Å². The summed E-state index contributed by atoms with van der Waals surface area (Å²) in [6, 6.07) is 21.6. The number of oxazole rings is 1. The zero-order chi connectivity index (χ0) is 21.3. The van der Waals surface area contributed by atoms with E-state index in [0.29, 0.717) is 39.4 Å². The molecule has 4 aromatic rings. The van der Waals surface area contributed by atoms with Gasteiger partial charge in [-0.2, -0.15) is 0 Å². The monoisotopic (exact) mass is 457 g/mol. The maximum absolute atomic E-state index is 11.8. The lowest BCUT2D eigenvalue weighted by molar-refractivity contribution is 0.519. The SMILES string of the molecule is CS(=O)(=O)c1ccc(-c2nc(Cc3ccccc3)oc2-c2ccc(Cl)cc2Cl)cc1. The van der Waals surface area contributed by atoms with Crippen LogP contribution in [0.5, 0.6) is 0 Å². The van der Waals surface area contributed by atoms with Gasteiger partial charge in [0.25, 0.3) is 0 Å². The standard InChI is InChI=1S/C23H17Cl2NO3S/c1-30(27,28)18-10-7-16(8-11-18)22-23(19-12-9-17(24)14-20(19)25)29-21(26-22)13-15-5-3-2-4-6-15/h2-12,14H,13H2,1H3. The van der Waals surface area contributed by atoms with Crippen LogP contribution in [-0.4, -0.2) is 19.7 Å². The van der Waals surface area contributed by atoms with Crippen molar-refractivity contribution in [2.45, 2.75) is 11.3 Å². The Balaban J connectivity index is 1.83. The fourth-order valence-corrected chi connectivity index (χ4v) is 4.25. The second-order valence-electron chi connectivity index (χ2n) is 6.87. The molecule has 0 fully saturated rings. The zero-order valence-electron chi connectivity index (χ0n) is 16.0. The van der Waals surface area contributed by atoms with Crippen LogP contribution >= 0.6 is 23.2 Å². The van der Waals surface area contributed by atoms with E-state index >= 15 is 0 Å². The summed E-state index contributed by atoms with van der Waals surface area (Å²) in [5.41, 5.74) is 3.04. The topological polar surface area (TPSA) is 60.2 Å². The zero-order valence-corrected chi connectivity index (χ0v) is 18.3. The molecule has 7 heteroatoms. The number of sulfone groups is 1. The molecule has 0 amide bonds. The van der Waals surface area contributed by atoms with Gasteiger partial charge in [0.2, 0.25) is 0 Å². The highest BCUT2D eigenvalue weighted by Crippen LogP contribution is 2.38. The Morgan fingerprint density at radius 3 is 2.27 bits per heavy atom. The van der Waals surface area contributed by atoms with E-state index in [4.69, 9.17) is 32.6 Å². The van der Waals surface area contributed by atoms with Gasteiger partial charge in [-0.15, -0.1) is 0 Å². The van der Waals surface area contributed by atoms with E-state index < -0.39 is 9.84 Å². The summed E-state index contributed by atoms with van der Waals surface area (Å²) < 4.78 is 29.7. The first-order valence-corrected chi connectivity index (χ1v) is 11.8. The van der Waals surface area contributed by atoms with Crippen molar-refractivity contribution in [2.75, 3.05) is 6.26 Å². The Kier molecular flexibility index (Phi) is 5.69. The van der Waals surface area contributed by atoms with Crippen LogP contribution in [0.15, 0.2) is 82.1 Å². The predicted molar refractivity (Wildman–Crippen MR) is 120 cm³/mol. The van der Waals surface area contributed by atoms with Gasteiger partial charge in [0.05, 0.1) is 9.92 Å². The summed E-state index contributed by atoms with van der Waals surface area (Å²) in [6.45, 7) is 0. The van der Waals surface area contributed by atoms with Crippen molar-refractivity contribution in [3.63, 3.8) is 0 Å². The van der Waals surface area contributed by atoms with Gasteiger partial charge in [-0.3, -0.25) is 0 Å². The molecule has 30 heavy (non-hydrogen) atoms. The molecule has 1 heterocycles. The van der Waals surface area contributed by atoms with Gasteiger partial charge in [0.15, 0.2) is 21.5 Å². The number of hydrogen-bond acceptors (Lipinski definition) is 4. The van der Waals surface area contributed by atoms with Crippen LogP contribution in [0.2, 0.25) is 10.0 Å². The van der Waals surface area contributed by atoms with Gasteiger partial charge in [0.1, 0.15) is 5.69 Å². The van der Waals surface area contributed by atoms with Gasteiger partial charge in [-0.25, -0.2) is 13.4 Å². The molecule has 0 bridgehead atoms. The third kappa shape index (κ3) is 4.43. The third-order valence-corrected chi connectivity index (χ3v) is 6.28. The maximum atomic E-state index is 11.8. The third-order valence-electron chi connectivity index (χ3n) is 4.60. The Morgan fingerprint density at radius 1 is 0.933 bits per heavy atom. The first kappa shape index (κ1) is 20.7. The number of aromatic nitrogens is 1. The highest BCUT2D eigenvalue weighted by atomic mass is 35.5. The average molecular weight is 458 g/mol. The van der Waals surface area contributed by atoms with E-state index in [1.165, 1.54) is 6.26 Å². The quantitative estimate of drug-likeness (QED) is 0.352. The molecule has 4 nitrogen and oxygen atoms in total. The van der Waals surface area contributed by atoms with Crippen LogP contribution in [0.1, 0.15) is 11.5 Å². The van der Waals surface area contributed by atoms with Crippen LogP contribution < -0.4 is 0 Å². The molecule has 0 aliphatic heterocycles. The lowest BCUT2D eigenvalue weighted by atomic mass is 10.1. The first-order chi connectivity index (χ1) is 14.3. The van der Waals surface area contributed by atoms with Gasteiger partial charge >= 0.3 is 0 Å². The van der Waals surface area contributed by atoms with Gasteiger partial charge < -0.3 is 4.42 Å². The lowest BCUT2D eigenvalue weighted by Crippen LogP contribution is -1.96. The largest absolute Gasteiger partial charge is 0.440 e. The second-order valence-corrected chi connectivity index (χ2v) is 9.73. The average Bonchev–Trinajstić information content (AvgIpc) is 3.11. The lowest BCUT2D eigenvalue weighted by Gasteiger charge is -2.05. The molecule has 0 atom stereocenters. The number of hydrogen-bond donors (Lipinski definition) is 0. The van der Waals surface area contributed by atoms with E-state index in [2.05, 4.69) is 0 Å². The molecule has 0 radical (unpaired) electrons. The van der Waals surface area contributed by atoms with Gasteiger partial charge in [-0.1, -0.05) is 65.7 Å². The summed E-state index contributed by atoms with van der Waals surface area (Å²) in [4.78, 5) is 4.94. The smallest absolute Gasteiger partial charge is 0.199 e. The summed E-state index contributed by atoms with van der Waals surface area (Å²) in [7, 11) is -3.29. The maximum Gasteiger partial charge on any atom is 0.199 e. The predicted octanol–water partition coefficient (Wildman–Crippen LogP) is 6.31. The molecule has 0 aliphatic carbocycles. The Bertz CT molecular complexity index is 1300. The van der Waals surface area contributed by atoms with Crippen LogP contribution in [0, 0.1) is 0 Å². The molecule has 0 unspecified atom stereocenters. The molecule has 0 saturated heterocycles. The molecule has 4 rings (SSSR count). The van der Waals surface area contributed by atoms with Crippen molar-refractivity contribution in [2.24, 2.45) is 0 Å². The normalized spacial score (nSPS) is 11.6. The Morgan fingerprint density at radius 2 is 1.63 bits per heavy atom. The Labute approximate surface area is 185 Å². The molecule has 152 valence electrons. The molecular weight excluding hydrogens is 441 g/mol. The van der Waals surface area contributed by atoms with Crippen LogP contribution in [0.4, 0.5) is 0 Å². The van der Waals surface area contributed by atoms with Crippen molar-refractivity contribution in [1.29, 1.82) is 0 Å². The van der Waals surface area contributed by atoms with E-state index in [9.17, 15) is 8.42 Å². The van der Waals surface area contributed by atoms with Crippen molar-refractivity contribution >= 4 is 33.0 Å². The van der Waals surface area contributed by atoms with Crippen molar-refractivity contribution in [1.82, 2.24) is 4.98 Å². The van der Waals surface area contributed by atoms with E-state index in [-0.39, 0.29) is 4.90 Å². The fraction of sp³-hybridized carbons (Fsp3) is 0.0870. The molecule has 0 N–H and O–H groups in total. The summed E-state index contributed by atoms with van der Waals surface area (Å²) in [5, 5.41) is 0.964. The minimum atomic E-state index is -3.29. The highest BCUT2D eigenvalue weighted by Gasteiger charge is 2.20. The molecule has 1 aromatic heterocycles. The van der Waals surface area contributed by atoms with Crippen molar-refractivity contribution in [3.8, 4) is 22.6 Å². The summed E-state index contributed by atoms with van der Waals surface area (Å²) in [5.74, 6) is 1.04. The number of nitrogens with zero attached hydrogens (tertiary/aromatic N) is 1. The fourth-order valence-electron chi connectivity index (χ4n) is 3.12. The van der Waals surface area contributed by atoms with E-state index in [1.54, 1.807) is 42.5 Å². The van der Waals surface area contributed by atoms with Crippen LogP contribution in [0.3, 0.4) is 0 Å². The summed E-state index contributed by atoms with van der Waals surface area (Å²) >= 11 is 12.5. The van der Waals surface area contributed by atoms with Crippen molar-refractivity contribution < 1.29 is 12.8 Å². The molecular formula is C23H17Cl2NO3S. The first-order valence-electron chi connectivity index (χ1n) is 9.11. The number of halogens is 2. The molecule has 0 saturated carbocycles. The number of benzene rings is 3. The van der Waals surface area contributed by atoms with Gasteiger partial charge in [-0.05, 0) is 35.9 Å². The van der Waals surface area contributed by atoms with Crippen LogP contribution in [-0.2, 0) is 16.3 Å². The van der Waals surface area contributed by atoms with Crippen LogP contribution in [0.25, 0.3) is 22.6 Å². The molecule has 0 aliphatic rings. The molecule has 0 spiro atoms.